The smallest absolute Gasteiger partial charge is 0.336 e. The number of carboxylic acids is 1. The van der Waals surface area contributed by atoms with Crippen LogP contribution in [0.1, 0.15) is 30.1 Å². The van der Waals surface area contributed by atoms with Crippen LogP contribution < -0.4 is 5.32 Å². The molecule has 0 aliphatic carbocycles. The number of nitrogens with zero attached hydrogens (tertiary/aromatic N) is 1. The number of pyridine rings is 1. The number of benzene rings is 1. The number of carbonyl (C=O) groups is 1. The van der Waals surface area contributed by atoms with Crippen molar-refractivity contribution in [3.05, 3.63) is 35.9 Å². The van der Waals surface area contributed by atoms with Gasteiger partial charge in [0.2, 0.25) is 0 Å². The second-order valence-electron chi connectivity index (χ2n) is 5.67. The summed E-state index contributed by atoms with van der Waals surface area (Å²) in [7, 11) is 0. The highest BCUT2D eigenvalue weighted by Gasteiger charge is 2.27. The van der Waals surface area contributed by atoms with Gasteiger partial charge in [-0.3, -0.25) is 0 Å². The fraction of sp³-hybridized carbons (Fsp3) is 0.375. The molecule has 0 atom stereocenters. The topological polar surface area (TPSA) is 71.5 Å². The van der Waals surface area contributed by atoms with E-state index >= 15 is 0 Å². The number of hydrogen-bond acceptors (Lipinski definition) is 4. The maximum atomic E-state index is 11.2. The van der Waals surface area contributed by atoms with E-state index in [4.69, 9.17) is 4.74 Å². The molecule has 0 amide bonds. The number of nitrogens with one attached hydrogen (secondary N) is 1. The van der Waals surface area contributed by atoms with Gasteiger partial charge in [-0.25, -0.2) is 9.78 Å². The van der Waals surface area contributed by atoms with Gasteiger partial charge >= 0.3 is 5.97 Å². The number of fused-ring (bicyclic) bond motifs is 1. The van der Waals surface area contributed by atoms with Crippen LogP contribution in [-0.4, -0.2) is 34.8 Å². The fourth-order valence-corrected chi connectivity index (χ4v) is 2.67. The molecule has 2 heterocycles. The van der Waals surface area contributed by atoms with Crippen LogP contribution in [0, 0.1) is 0 Å². The lowest BCUT2D eigenvalue weighted by Crippen LogP contribution is -2.40. The number of anilines is 1. The summed E-state index contributed by atoms with van der Waals surface area (Å²) in [6, 6.07) is 8.81. The van der Waals surface area contributed by atoms with Crippen molar-refractivity contribution < 1.29 is 14.6 Å². The van der Waals surface area contributed by atoms with Crippen molar-refractivity contribution in [2.45, 2.75) is 25.3 Å². The van der Waals surface area contributed by atoms with Crippen molar-refractivity contribution in [2.24, 2.45) is 0 Å². The van der Waals surface area contributed by atoms with Crippen molar-refractivity contribution in [3.8, 4) is 0 Å². The van der Waals surface area contributed by atoms with E-state index in [0.717, 1.165) is 31.9 Å². The van der Waals surface area contributed by atoms with Gasteiger partial charge in [0.15, 0.2) is 0 Å². The first-order valence-electron chi connectivity index (χ1n) is 7.06. The van der Waals surface area contributed by atoms with Gasteiger partial charge in [-0.15, -0.1) is 0 Å². The second-order valence-corrected chi connectivity index (χ2v) is 5.67. The molecule has 0 spiro atoms. The van der Waals surface area contributed by atoms with Crippen molar-refractivity contribution >= 4 is 22.7 Å². The molecule has 5 nitrogen and oxygen atoms in total. The molecule has 2 N–H and O–H groups in total. The van der Waals surface area contributed by atoms with E-state index in [2.05, 4.69) is 17.2 Å². The minimum Gasteiger partial charge on any atom is -0.478 e. The first-order chi connectivity index (χ1) is 10.1. The molecule has 1 fully saturated rings. The van der Waals surface area contributed by atoms with Crippen LogP contribution in [0.4, 0.5) is 5.82 Å². The van der Waals surface area contributed by atoms with Crippen LogP contribution in [-0.2, 0) is 4.74 Å². The molecule has 1 saturated heterocycles. The zero-order chi connectivity index (χ0) is 14.9. The first-order valence-corrected chi connectivity index (χ1v) is 7.06. The van der Waals surface area contributed by atoms with E-state index in [0.29, 0.717) is 10.9 Å². The number of hydrogen-bond donors (Lipinski definition) is 2. The van der Waals surface area contributed by atoms with Crippen molar-refractivity contribution in [1.29, 1.82) is 0 Å². The lowest BCUT2D eigenvalue weighted by Gasteiger charge is -2.35. The molecular weight excluding hydrogens is 268 g/mol. The summed E-state index contributed by atoms with van der Waals surface area (Å²) >= 11 is 0. The van der Waals surface area contributed by atoms with E-state index in [1.807, 2.05) is 18.2 Å². The van der Waals surface area contributed by atoms with E-state index in [-0.39, 0.29) is 11.1 Å². The maximum Gasteiger partial charge on any atom is 0.336 e. The Morgan fingerprint density at radius 3 is 2.76 bits per heavy atom. The summed E-state index contributed by atoms with van der Waals surface area (Å²) in [6.07, 6.45) is 1.86. The molecule has 1 aliphatic heterocycles. The molecule has 5 heteroatoms. The molecular formula is C16H18N2O3. The lowest BCUT2D eigenvalue weighted by atomic mass is 9.92. The highest BCUT2D eigenvalue weighted by molar-refractivity contribution is 6.02. The molecule has 3 rings (SSSR count). The van der Waals surface area contributed by atoms with Crippen LogP contribution in [0.25, 0.3) is 10.9 Å². The van der Waals surface area contributed by atoms with E-state index in [9.17, 15) is 9.90 Å². The Balaban J connectivity index is 1.93. The van der Waals surface area contributed by atoms with Gasteiger partial charge in [0, 0.05) is 24.1 Å². The summed E-state index contributed by atoms with van der Waals surface area (Å²) in [4.78, 5) is 15.8. The highest BCUT2D eigenvalue weighted by atomic mass is 16.5. The third-order valence-electron chi connectivity index (χ3n) is 3.99. The van der Waals surface area contributed by atoms with Crippen molar-refractivity contribution in [1.82, 2.24) is 4.98 Å². The fourth-order valence-electron chi connectivity index (χ4n) is 2.67. The minimum absolute atomic E-state index is 0.0245. The Labute approximate surface area is 123 Å². The summed E-state index contributed by atoms with van der Waals surface area (Å²) < 4.78 is 5.39. The summed E-state index contributed by atoms with van der Waals surface area (Å²) in [6.45, 7) is 3.66. The summed E-state index contributed by atoms with van der Waals surface area (Å²) in [5, 5.41) is 13.3. The third-order valence-corrected chi connectivity index (χ3v) is 3.99. The van der Waals surface area contributed by atoms with Crippen molar-refractivity contribution in [3.63, 3.8) is 0 Å². The minimum atomic E-state index is -0.931. The molecule has 0 unspecified atom stereocenters. The molecule has 2 aromatic rings. The number of aromatic nitrogens is 1. The van der Waals surface area contributed by atoms with Gasteiger partial charge in [-0.1, -0.05) is 6.07 Å². The first kappa shape index (κ1) is 13.8. The lowest BCUT2D eigenvalue weighted by molar-refractivity contribution is 0.0656. The largest absolute Gasteiger partial charge is 0.478 e. The Morgan fingerprint density at radius 2 is 2.05 bits per heavy atom. The zero-order valence-corrected chi connectivity index (χ0v) is 11.9. The van der Waals surface area contributed by atoms with Crippen LogP contribution in [0.3, 0.4) is 0 Å². The Bertz CT molecular complexity index is 678. The summed E-state index contributed by atoms with van der Waals surface area (Å²) in [5.74, 6) is -0.158. The van der Waals surface area contributed by atoms with E-state index in [1.165, 1.54) is 0 Å². The molecule has 1 aliphatic rings. The molecule has 0 bridgehead atoms. The van der Waals surface area contributed by atoms with Gasteiger partial charge in [-0.05, 0) is 44.0 Å². The predicted octanol–water partition coefficient (Wildman–Crippen LogP) is 2.91. The molecule has 1 aromatic carbocycles. The molecule has 1 aromatic heterocycles. The monoisotopic (exact) mass is 286 g/mol. The van der Waals surface area contributed by atoms with Gasteiger partial charge in [0.05, 0.1) is 11.1 Å². The van der Waals surface area contributed by atoms with E-state index < -0.39 is 5.97 Å². The van der Waals surface area contributed by atoms with Gasteiger partial charge in [0.1, 0.15) is 5.82 Å². The average Bonchev–Trinajstić information content (AvgIpc) is 2.46. The molecule has 0 radical (unpaired) electrons. The quantitative estimate of drug-likeness (QED) is 0.907. The van der Waals surface area contributed by atoms with Crippen LogP contribution in [0.2, 0.25) is 0 Å². The van der Waals surface area contributed by atoms with Crippen LogP contribution in [0.15, 0.2) is 30.3 Å². The Kier molecular flexibility index (Phi) is 3.51. The van der Waals surface area contributed by atoms with Crippen LogP contribution >= 0.6 is 0 Å². The number of carboxylic acid groups (broad SMARTS) is 1. The zero-order valence-electron chi connectivity index (χ0n) is 11.9. The third kappa shape index (κ3) is 2.83. The SMILES string of the molecule is CC1(Nc2ccc3c(C(=O)O)cccc3n2)CCOCC1. The Hall–Kier alpha value is -2.14. The number of ether oxygens (including phenoxy) is 1. The molecule has 110 valence electrons. The predicted molar refractivity (Wildman–Crippen MR) is 80.8 cm³/mol. The van der Waals surface area contributed by atoms with Gasteiger partial charge < -0.3 is 15.2 Å². The van der Waals surface area contributed by atoms with Gasteiger partial charge in [0.25, 0.3) is 0 Å². The Morgan fingerprint density at radius 1 is 1.29 bits per heavy atom. The average molecular weight is 286 g/mol. The number of aromatic carboxylic acids is 1. The molecule has 21 heavy (non-hydrogen) atoms. The molecule has 0 saturated carbocycles. The summed E-state index contributed by atoms with van der Waals surface area (Å²) in [5.41, 5.74) is 0.947. The second kappa shape index (κ2) is 5.33. The van der Waals surface area contributed by atoms with Gasteiger partial charge in [-0.2, -0.15) is 0 Å². The number of rotatable bonds is 3. The standard InChI is InChI=1S/C16H18N2O3/c1-16(7-9-21-10-8-16)18-14-6-5-11-12(15(19)20)3-2-4-13(11)17-14/h2-6H,7-10H2,1H3,(H,17,18)(H,19,20). The van der Waals surface area contributed by atoms with Crippen LogP contribution in [0.5, 0.6) is 0 Å². The van der Waals surface area contributed by atoms with Crippen molar-refractivity contribution in [2.75, 3.05) is 18.5 Å². The highest BCUT2D eigenvalue weighted by Crippen LogP contribution is 2.26. The maximum absolute atomic E-state index is 11.2. The normalized spacial score (nSPS) is 17.6. The van der Waals surface area contributed by atoms with E-state index in [1.54, 1.807) is 12.1 Å².